The molecule has 0 aliphatic carbocycles. The molecule has 1 aromatic carbocycles. The van der Waals surface area contributed by atoms with Gasteiger partial charge in [-0.05, 0) is 54.5 Å². The van der Waals surface area contributed by atoms with Gasteiger partial charge in [-0.15, -0.1) is 10.2 Å². The Balaban J connectivity index is 1.49. The molecule has 26 heavy (non-hydrogen) atoms. The summed E-state index contributed by atoms with van der Waals surface area (Å²) >= 11 is 0. The van der Waals surface area contributed by atoms with Gasteiger partial charge < -0.3 is 9.67 Å². The van der Waals surface area contributed by atoms with Crippen LogP contribution in [-0.4, -0.2) is 46.0 Å². The molecule has 0 saturated heterocycles. The smallest absolute Gasteiger partial charge is 0.206 e. The molecule has 0 radical (unpaired) electrons. The van der Waals surface area contributed by atoms with Gasteiger partial charge >= 0.3 is 0 Å². The average molecular weight is 349 g/mol. The fourth-order valence-corrected chi connectivity index (χ4v) is 2.86. The topological polar surface area (TPSA) is 94.5 Å². The van der Waals surface area contributed by atoms with E-state index >= 15 is 0 Å². The summed E-state index contributed by atoms with van der Waals surface area (Å²) in [6.07, 6.45) is 4.46. The van der Waals surface area contributed by atoms with Gasteiger partial charge in [-0.1, -0.05) is 0 Å². The summed E-state index contributed by atoms with van der Waals surface area (Å²) in [6.45, 7) is 4.79. The van der Waals surface area contributed by atoms with Gasteiger partial charge in [-0.25, -0.2) is 4.98 Å². The summed E-state index contributed by atoms with van der Waals surface area (Å²) in [4.78, 5) is 9.87. The molecular formula is C18H19N7O. The van der Waals surface area contributed by atoms with E-state index in [1.54, 1.807) is 18.7 Å². The van der Waals surface area contributed by atoms with Crippen LogP contribution in [0.5, 0.6) is 0 Å². The first kappa shape index (κ1) is 16.3. The van der Waals surface area contributed by atoms with E-state index in [4.69, 9.17) is 0 Å². The molecule has 0 saturated carbocycles. The van der Waals surface area contributed by atoms with Crippen molar-refractivity contribution in [2.45, 2.75) is 33.0 Å². The third-order valence-corrected chi connectivity index (χ3v) is 4.39. The molecule has 1 unspecified atom stereocenters. The van der Waals surface area contributed by atoms with E-state index < -0.39 is 6.10 Å². The van der Waals surface area contributed by atoms with Crippen LogP contribution in [0.1, 0.15) is 11.1 Å². The maximum atomic E-state index is 10.4. The maximum absolute atomic E-state index is 10.4. The van der Waals surface area contributed by atoms with E-state index in [0.29, 0.717) is 12.4 Å². The monoisotopic (exact) mass is 349 g/mol. The molecule has 1 atom stereocenters. The summed E-state index contributed by atoms with van der Waals surface area (Å²) < 4.78 is 1.95. The lowest BCUT2D eigenvalue weighted by Crippen LogP contribution is -2.23. The lowest BCUT2D eigenvalue weighted by atomic mass is 10.1. The molecular weight excluding hydrogens is 330 g/mol. The molecule has 0 amide bonds. The summed E-state index contributed by atoms with van der Waals surface area (Å²) in [7, 11) is 0. The number of benzene rings is 1. The molecule has 0 fully saturated rings. The minimum atomic E-state index is -0.662. The Hall–Kier alpha value is -3.13. The predicted octanol–water partition coefficient (Wildman–Crippen LogP) is 1.76. The molecule has 132 valence electrons. The molecule has 4 aromatic rings. The van der Waals surface area contributed by atoms with Crippen LogP contribution in [-0.2, 0) is 13.1 Å². The van der Waals surface area contributed by atoms with E-state index in [1.165, 1.54) is 15.9 Å². The number of aliphatic hydroxyl groups is 1. The van der Waals surface area contributed by atoms with Crippen molar-refractivity contribution in [1.82, 2.24) is 34.7 Å². The second-order valence-corrected chi connectivity index (χ2v) is 6.39. The number of hydrogen-bond donors (Lipinski definition) is 1. The summed E-state index contributed by atoms with van der Waals surface area (Å²) in [5, 5.41) is 22.8. The van der Waals surface area contributed by atoms with Crippen LogP contribution >= 0.6 is 0 Å². The van der Waals surface area contributed by atoms with E-state index in [-0.39, 0.29) is 6.54 Å². The fourth-order valence-electron chi connectivity index (χ4n) is 2.86. The highest BCUT2D eigenvalue weighted by atomic mass is 16.3. The largest absolute Gasteiger partial charge is 0.389 e. The molecule has 0 aliphatic heterocycles. The fraction of sp³-hybridized carbons (Fsp3) is 0.278. The van der Waals surface area contributed by atoms with Gasteiger partial charge in [0.1, 0.15) is 0 Å². The molecule has 3 heterocycles. The number of imidazole rings is 1. The number of hydrogen-bond acceptors (Lipinski definition) is 6. The number of fused-ring (bicyclic) bond motifs is 1. The van der Waals surface area contributed by atoms with Crippen LogP contribution < -0.4 is 0 Å². The number of nitrogens with zero attached hydrogens (tertiary/aromatic N) is 7. The van der Waals surface area contributed by atoms with E-state index in [2.05, 4.69) is 51.4 Å². The minimum Gasteiger partial charge on any atom is -0.389 e. The Labute approximate surface area is 150 Å². The normalized spacial score (nSPS) is 12.6. The first-order valence-corrected chi connectivity index (χ1v) is 8.38. The van der Waals surface area contributed by atoms with Crippen LogP contribution in [0.2, 0.25) is 0 Å². The predicted molar refractivity (Wildman–Crippen MR) is 96.3 cm³/mol. The zero-order valence-corrected chi connectivity index (χ0v) is 14.6. The van der Waals surface area contributed by atoms with Crippen LogP contribution in [0, 0.1) is 13.8 Å². The second-order valence-electron chi connectivity index (χ2n) is 6.39. The molecule has 0 aliphatic rings. The minimum absolute atomic E-state index is 0.248. The number of aromatic nitrogens is 7. The first-order valence-electron chi connectivity index (χ1n) is 8.38. The SMILES string of the molecule is Cc1cc2ncn(CC(O)Cn3nnc(-c4cccnc4)n3)c2cc1C. The standard InChI is InChI=1S/C18H19N7O/c1-12-6-16-17(7-13(12)2)24(11-20-16)9-15(26)10-25-22-18(21-23-25)14-4-3-5-19-8-14/h3-8,11,15,26H,9-10H2,1-2H3. The summed E-state index contributed by atoms with van der Waals surface area (Å²) in [6, 6.07) is 7.84. The van der Waals surface area contributed by atoms with Gasteiger partial charge in [0.05, 0.1) is 36.6 Å². The third kappa shape index (κ3) is 3.18. The number of pyridine rings is 1. The van der Waals surface area contributed by atoms with Gasteiger partial charge in [0, 0.05) is 18.0 Å². The maximum Gasteiger partial charge on any atom is 0.206 e. The zero-order valence-electron chi connectivity index (χ0n) is 14.6. The van der Waals surface area contributed by atoms with Crippen molar-refractivity contribution >= 4 is 11.0 Å². The first-order chi connectivity index (χ1) is 12.6. The number of aryl methyl sites for hydroxylation is 2. The van der Waals surface area contributed by atoms with Crippen molar-refractivity contribution in [3.05, 3.63) is 54.1 Å². The van der Waals surface area contributed by atoms with Crippen molar-refractivity contribution in [2.24, 2.45) is 0 Å². The van der Waals surface area contributed by atoms with Gasteiger partial charge in [-0.2, -0.15) is 4.80 Å². The highest BCUT2D eigenvalue weighted by Crippen LogP contribution is 2.19. The van der Waals surface area contributed by atoms with E-state index in [0.717, 1.165) is 16.6 Å². The molecule has 0 spiro atoms. The Morgan fingerprint density at radius 3 is 2.81 bits per heavy atom. The molecule has 1 N–H and O–H groups in total. The third-order valence-electron chi connectivity index (χ3n) is 4.39. The van der Waals surface area contributed by atoms with Gasteiger partial charge in [-0.3, -0.25) is 4.98 Å². The van der Waals surface area contributed by atoms with Gasteiger partial charge in [0.15, 0.2) is 0 Å². The quantitative estimate of drug-likeness (QED) is 0.590. The van der Waals surface area contributed by atoms with Crippen LogP contribution in [0.4, 0.5) is 0 Å². The Bertz CT molecular complexity index is 1040. The Morgan fingerprint density at radius 1 is 1.15 bits per heavy atom. The highest BCUT2D eigenvalue weighted by molar-refractivity contribution is 5.77. The molecule has 3 aromatic heterocycles. The second kappa shape index (κ2) is 6.64. The van der Waals surface area contributed by atoms with Crippen molar-refractivity contribution in [3.63, 3.8) is 0 Å². The van der Waals surface area contributed by atoms with Gasteiger partial charge in [0.25, 0.3) is 0 Å². The summed E-state index contributed by atoms with van der Waals surface area (Å²) in [5.41, 5.74) is 5.14. The Morgan fingerprint density at radius 2 is 2.00 bits per heavy atom. The average Bonchev–Trinajstić information content (AvgIpc) is 3.24. The Kier molecular flexibility index (Phi) is 4.18. The number of tetrazole rings is 1. The number of aliphatic hydroxyl groups excluding tert-OH is 1. The van der Waals surface area contributed by atoms with Crippen molar-refractivity contribution in [3.8, 4) is 11.4 Å². The van der Waals surface area contributed by atoms with E-state index in [9.17, 15) is 5.11 Å². The van der Waals surface area contributed by atoms with Crippen molar-refractivity contribution in [1.29, 1.82) is 0 Å². The lowest BCUT2D eigenvalue weighted by Gasteiger charge is -2.11. The van der Waals surface area contributed by atoms with Crippen LogP contribution in [0.25, 0.3) is 22.4 Å². The van der Waals surface area contributed by atoms with Crippen LogP contribution in [0.15, 0.2) is 43.0 Å². The molecule has 8 nitrogen and oxygen atoms in total. The van der Waals surface area contributed by atoms with E-state index in [1.807, 2.05) is 16.7 Å². The number of rotatable bonds is 5. The molecule has 4 rings (SSSR count). The summed E-state index contributed by atoms with van der Waals surface area (Å²) in [5.74, 6) is 0.490. The lowest BCUT2D eigenvalue weighted by molar-refractivity contribution is 0.125. The van der Waals surface area contributed by atoms with Crippen molar-refractivity contribution < 1.29 is 5.11 Å². The van der Waals surface area contributed by atoms with Crippen LogP contribution in [0.3, 0.4) is 0 Å². The molecule has 0 bridgehead atoms. The zero-order chi connectivity index (χ0) is 18.1. The van der Waals surface area contributed by atoms with Gasteiger partial charge in [0.2, 0.25) is 5.82 Å². The highest BCUT2D eigenvalue weighted by Gasteiger charge is 2.13. The van der Waals surface area contributed by atoms with Crippen molar-refractivity contribution in [2.75, 3.05) is 0 Å². The molecule has 8 heteroatoms.